The molecule has 0 spiro atoms. The van der Waals surface area contributed by atoms with Crippen molar-refractivity contribution < 1.29 is 21.7 Å². The van der Waals surface area contributed by atoms with Gasteiger partial charge in [0, 0.05) is 31.2 Å². The maximum Gasteiger partial charge on any atom is 0.500 e. The van der Waals surface area contributed by atoms with Crippen molar-refractivity contribution in [1.29, 1.82) is 0 Å². The molecule has 0 aliphatic rings. The molecule has 0 saturated carbocycles. The van der Waals surface area contributed by atoms with Gasteiger partial charge in [-0.25, -0.2) is 0 Å². The highest BCUT2D eigenvalue weighted by Crippen LogP contribution is 2.20. The van der Waals surface area contributed by atoms with E-state index in [9.17, 15) is 8.42 Å². The van der Waals surface area contributed by atoms with Gasteiger partial charge < -0.3 is 13.3 Å². The smallest absolute Gasteiger partial charge is 0.374 e. The lowest BCUT2D eigenvalue weighted by Gasteiger charge is -2.28. The topological polar surface area (TPSA) is 61.8 Å². The number of rotatable bonds is 12. The zero-order chi connectivity index (χ0) is 14.6. The molecule has 7 heteroatoms. The van der Waals surface area contributed by atoms with Gasteiger partial charge in [0.1, 0.15) is 0 Å². The summed E-state index contributed by atoms with van der Waals surface area (Å²) < 4.78 is 37.9. The summed E-state index contributed by atoms with van der Waals surface area (Å²) in [5.74, 6) is 0. The van der Waals surface area contributed by atoms with Gasteiger partial charge in [-0.15, -0.1) is 0 Å². The standard InChI is InChI=1S/C12H26O5SSi/c1-4-15-19(16-5-2,17-6-3)12-10-8-7-9-11-18(13)14/h11H,4-10,12H2,1-3H3. The van der Waals surface area contributed by atoms with Crippen molar-refractivity contribution in [2.24, 2.45) is 0 Å². The molecule has 0 bridgehead atoms. The van der Waals surface area contributed by atoms with E-state index >= 15 is 0 Å². The highest BCUT2D eigenvalue weighted by molar-refractivity contribution is 7.71. The van der Waals surface area contributed by atoms with Gasteiger partial charge in [0.15, 0.2) is 0 Å². The molecule has 0 amide bonds. The second-order valence-electron chi connectivity index (χ2n) is 4.01. The minimum Gasteiger partial charge on any atom is -0.374 e. The highest BCUT2D eigenvalue weighted by Gasteiger charge is 2.39. The van der Waals surface area contributed by atoms with Crippen molar-refractivity contribution >= 4 is 24.5 Å². The summed E-state index contributed by atoms with van der Waals surface area (Å²) in [6, 6.07) is 0.795. The van der Waals surface area contributed by atoms with Crippen LogP contribution in [0.3, 0.4) is 0 Å². The van der Waals surface area contributed by atoms with Crippen LogP contribution in [0.5, 0.6) is 0 Å². The molecule has 0 aromatic heterocycles. The van der Waals surface area contributed by atoms with Gasteiger partial charge in [0.25, 0.3) is 0 Å². The van der Waals surface area contributed by atoms with Crippen LogP contribution in [0.4, 0.5) is 0 Å². The molecule has 0 atom stereocenters. The van der Waals surface area contributed by atoms with E-state index in [4.69, 9.17) is 13.3 Å². The number of hydrogen-bond acceptors (Lipinski definition) is 5. The summed E-state index contributed by atoms with van der Waals surface area (Å²) >= 11 is 0. The van der Waals surface area contributed by atoms with Gasteiger partial charge in [0.05, 0.1) is 0 Å². The Morgan fingerprint density at radius 2 is 1.42 bits per heavy atom. The van der Waals surface area contributed by atoms with Crippen molar-refractivity contribution in [1.82, 2.24) is 0 Å². The van der Waals surface area contributed by atoms with Crippen LogP contribution in [0.1, 0.15) is 46.5 Å². The van der Waals surface area contributed by atoms with Gasteiger partial charge in [0.2, 0.25) is 10.3 Å². The molecule has 0 aliphatic carbocycles. The van der Waals surface area contributed by atoms with E-state index in [0.717, 1.165) is 25.3 Å². The normalized spacial score (nSPS) is 11.5. The molecule has 0 aromatic carbocycles. The third kappa shape index (κ3) is 9.34. The van der Waals surface area contributed by atoms with E-state index in [2.05, 4.69) is 0 Å². The van der Waals surface area contributed by atoms with E-state index < -0.39 is 19.1 Å². The molecule has 19 heavy (non-hydrogen) atoms. The summed E-state index contributed by atoms with van der Waals surface area (Å²) in [7, 11) is -4.55. The second-order valence-corrected chi connectivity index (χ2v) is 7.59. The first kappa shape index (κ1) is 18.8. The molecule has 0 radical (unpaired) electrons. The lowest BCUT2D eigenvalue weighted by atomic mass is 10.2. The number of hydrogen-bond donors (Lipinski definition) is 0. The maximum absolute atomic E-state index is 10.3. The van der Waals surface area contributed by atoms with Crippen LogP contribution in [0.25, 0.3) is 0 Å². The molecule has 5 nitrogen and oxygen atoms in total. The monoisotopic (exact) mass is 310 g/mol. The Bertz CT molecular complexity index is 317. The number of unbranched alkanes of at least 4 members (excludes halogenated alkanes) is 3. The van der Waals surface area contributed by atoms with Gasteiger partial charge >= 0.3 is 8.80 Å². The molecule has 0 saturated heterocycles. The van der Waals surface area contributed by atoms with Crippen LogP contribution in [0, 0.1) is 0 Å². The van der Waals surface area contributed by atoms with E-state index in [1.54, 1.807) is 0 Å². The maximum atomic E-state index is 10.3. The van der Waals surface area contributed by atoms with Crippen molar-refractivity contribution in [3.05, 3.63) is 0 Å². The molecule has 0 aliphatic heterocycles. The zero-order valence-corrected chi connectivity index (χ0v) is 14.0. The minimum absolute atomic E-state index is 0.592. The molecule has 0 unspecified atom stereocenters. The van der Waals surface area contributed by atoms with Crippen molar-refractivity contribution in [2.75, 3.05) is 19.8 Å². The third-order valence-electron chi connectivity index (χ3n) is 2.53. The van der Waals surface area contributed by atoms with Crippen molar-refractivity contribution in [2.45, 2.75) is 52.5 Å². The molecule has 114 valence electrons. The predicted octanol–water partition coefficient (Wildman–Crippen LogP) is 2.28. The van der Waals surface area contributed by atoms with Gasteiger partial charge in [-0.3, -0.25) is 0 Å². The van der Waals surface area contributed by atoms with E-state index in [1.807, 2.05) is 20.8 Å². The van der Waals surface area contributed by atoms with Crippen LogP contribution >= 0.6 is 0 Å². The molecular formula is C12H26O5SSi. The van der Waals surface area contributed by atoms with E-state index in [-0.39, 0.29) is 0 Å². The molecule has 0 rings (SSSR count). The summed E-state index contributed by atoms with van der Waals surface area (Å²) in [5, 5.41) is 1.30. The molecular weight excluding hydrogens is 284 g/mol. The van der Waals surface area contributed by atoms with Crippen LogP contribution in [0.2, 0.25) is 6.04 Å². The first-order valence-corrected chi connectivity index (χ1v) is 10.0. The SMILES string of the molecule is CCO[Si](CCCCCC=S(=O)=O)(OCC)OCC. The van der Waals surface area contributed by atoms with E-state index in [0.29, 0.717) is 26.2 Å². The fourth-order valence-electron chi connectivity index (χ4n) is 1.84. The first-order valence-electron chi connectivity index (χ1n) is 6.93. The fourth-order valence-corrected chi connectivity index (χ4v) is 4.89. The lowest BCUT2D eigenvalue weighted by Crippen LogP contribution is -2.45. The Kier molecular flexibility index (Phi) is 11.5. The minimum atomic E-state index is -2.51. The Hall–Kier alpha value is -0.213. The van der Waals surface area contributed by atoms with E-state index in [1.165, 1.54) is 5.37 Å². The Morgan fingerprint density at radius 1 is 0.895 bits per heavy atom. The molecule has 0 aromatic rings. The van der Waals surface area contributed by atoms with Gasteiger partial charge in [-0.2, -0.15) is 8.42 Å². The largest absolute Gasteiger partial charge is 0.500 e. The first-order chi connectivity index (χ1) is 9.10. The van der Waals surface area contributed by atoms with Crippen LogP contribution in [-0.2, 0) is 23.6 Å². The average molecular weight is 310 g/mol. The predicted molar refractivity (Wildman–Crippen MR) is 78.9 cm³/mol. The van der Waals surface area contributed by atoms with Crippen LogP contribution < -0.4 is 0 Å². The summed E-state index contributed by atoms with van der Waals surface area (Å²) in [4.78, 5) is 0. The Balaban J connectivity index is 4.13. The summed E-state index contributed by atoms with van der Waals surface area (Å²) in [5.41, 5.74) is 0. The highest BCUT2D eigenvalue weighted by atomic mass is 32.2. The quantitative estimate of drug-likeness (QED) is 0.314. The Morgan fingerprint density at radius 3 is 1.84 bits per heavy atom. The van der Waals surface area contributed by atoms with Gasteiger partial charge in [-0.1, -0.05) is 6.42 Å². The second kappa shape index (κ2) is 11.6. The third-order valence-corrected chi connectivity index (χ3v) is 6.19. The van der Waals surface area contributed by atoms with Crippen LogP contribution in [0.15, 0.2) is 0 Å². The lowest BCUT2D eigenvalue weighted by molar-refractivity contribution is 0.0706. The fraction of sp³-hybridized carbons (Fsp3) is 0.917. The zero-order valence-electron chi connectivity index (χ0n) is 12.2. The van der Waals surface area contributed by atoms with Crippen molar-refractivity contribution in [3.63, 3.8) is 0 Å². The van der Waals surface area contributed by atoms with Crippen LogP contribution in [-0.4, -0.2) is 42.4 Å². The van der Waals surface area contributed by atoms with Crippen molar-refractivity contribution in [3.8, 4) is 0 Å². The summed E-state index contributed by atoms with van der Waals surface area (Å²) in [6.45, 7) is 7.61. The molecule has 0 heterocycles. The molecule has 0 N–H and O–H groups in total. The Labute approximate surface area is 119 Å². The van der Waals surface area contributed by atoms with Gasteiger partial charge in [-0.05, 0) is 40.0 Å². The average Bonchev–Trinajstić information content (AvgIpc) is 2.34. The molecule has 0 fully saturated rings. The summed E-state index contributed by atoms with van der Waals surface area (Å²) in [6.07, 6.45) is 3.35.